The fourth-order valence-corrected chi connectivity index (χ4v) is 2.85. The van der Waals surface area contributed by atoms with Crippen molar-refractivity contribution >= 4 is 22.9 Å². The third kappa shape index (κ3) is 2.39. The van der Waals surface area contributed by atoms with Gasteiger partial charge in [-0.25, -0.2) is 0 Å². The lowest BCUT2D eigenvalue weighted by molar-refractivity contribution is 0.209. The van der Waals surface area contributed by atoms with Gasteiger partial charge in [-0.05, 0) is 32.9 Å². The van der Waals surface area contributed by atoms with E-state index in [0.29, 0.717) is 10.7 Å². The summed E-state index contributed by atoms with van der Waals surface area (Å²) in [6, 6.07) is 4.10. The van der Waals surface area contributed by atoms with E-state index in [9.17, 15) is 5.11 Å². The molecule has 5 heteroatoms. The first-order chi connectivity index (χ1) is 8.00. The van der Waals surface area contributed by atoms with E-state index in [2.05, 4.69) is 5.10 Å². The Labute approximate surface area is 110 Å². The molecule has 0 radical (unpaired) electrons. The van der Waals surface area contributed by atoms with Crippen molar-refractivity contribution in [2.24, 2.45) is 0 Å². The van der Waals surface area contributed by atoms with E-state index in [1.807, 2.05) is 32.9 Å². The predicted octanol–water partition coefficient (Wildman–Crippen LogP) is 3.57. The summed E-state index contributed by atoms with van der Waals surface area (Å²) in [5.74, 6) is 0. The van der Waals surface area contributed by atoms with E-state index in [1.54, 1.807) is 22.2 Å². The maximum Gasteiger partial charge on any atom is 0.131 e. The normalized spacial score (nSPS) is 13.3. The molecule has 2 aromatic heterocycles. The van der Waals surface area contributed by atoms with Gasteiger partial charge in [0.2, 0.25) is 0 Å². The van der Waals surface area contributed by atoms with Crippen LogP contribution >= 0.6 is 22.9 Å². The highest BCUT2D eigenvalue weighted by Gasteiger charge is 2.22. The van der Waals surface area contributed by atoms with Gasteiger partial charge in [-0.15, -0.1) is 11.3 Å². The molecule has 0 bridgehead atoms. The molecule has 2 rings (SSSR count). The van der Waals surface area contributed by atoms with Crippen molar-refractivity contribution in [2.45, 2.75) is 32.9 Å². The molecule has 2 aromatic rings. The van der Waals surface area contributed by atoms with E-state index in [1.165, 1.54) is 4.88 Å². The highest BCUT2D eigenvalue weighted by atomic mass is 35.5. The van der Waals surface area contributed by atoms with Crippen LogP contribution in [-0.4, -0.2) is 14.9 Å². The zero-order valence-electron chi connectivity index (χ0n) is 10.0. The molecular formula is C12H15ClN2OS. The van der Waals surface area contributed by atoms with Gasteiger partial charge in [0.05, 0.1) is 16.9 Å². The number of halogens is 1. The molecule has 0 aromatic carbocycles. The van der Waals surface area contributed by atoms with Crippen molar-refractivity contribution in [3.63, 3.8) is 0 Å². The molecule has 0 aliphatic rings. The van der Waals surface area contributed by atoms with Crippen molar-refractivity contribution in [1.29, 1.82) is 0 Å². The molecule has 0 spiro atoms. The van der Waals surface area contributed by atoms with Crippen LogP contribution in [0.2, 0.25) is 5.02 Å². The van der Waals surface area contributed by atoms with Crippen molar-refractivity contribution in [3.8, 4) is 0 Å². The van der Waals surface area contributed by atoms with E-state index in [0.717, 1.165) is 4.88 Å². The maximum absolute atomic E-state index is 10.4. The van der Waals surface area contributed by atoms with Gasteiger partial charge in [-0.1, -0.05) is 11.6 Å². The molecule has 0 aliphatic heterocycles. The first-order valence-corrected chi connectivity index (χ1v) is 6.67. The Balaban J connectivity index is 2.43. The fraction of sp³-hybridized carbons (Fsp3) is 0.417. The van der Waals surface area contributed by atoms with Crippen LogP contribution < -0.4 is 0 Å². The van der Waals surface area contributed by atoms with E-state index in [4.69, 9.17) is 11.6 Å². The average molecular weight is 271 g/mol. The van der Waals surface area contributed by atoms with Crippen molar-refractivity contribution in [1.82, 2.24) is 9.78 Å². The maximum atomic E-state index is 10.4. The molecule has 1 atom stereocenters. The minimum absolute atomic E-state index is 0.174. The summed E-state index contributed by atoms with van der Waals surface area (Å²) in [5.41, 5.74) is 0.670. The largest absolute Gasteiger partial charge is 0.381 e. The molecule has 0 saturated heterocycles. The lowest BCUT2D eigenvalue weighted by atomic mass is 10.2. The number of hydrogen-bond donors (Lipinski definition) is 1. The van der Waals surface area contributed by atoms with Gasteiger partial charge in [0.1, 0.15) is 6.10 Å². The first-order valence-electron chi connectivity index (χ1n) is 5.48. The first kappa shape index (κ1) is 12.6. The molecule has 17 heavy (non-hydrogen) atoms. The summed E-state index contributed by atoms with van der Waals surface area (Å²) in [6.45, 7) is 6.04. The minimum atomic E-state index is -0.703. The number of aliphatic hydroxyl groups is 1. The number of thiophene rings is 1. The number of aromatic nitrogens is 2. The fourth-order valence-electron chi connectivity index (χ4n) is 1.75. The molecule has 1 unspecified atom stereocenters. The lowest BCUT2D eigenvalue weighted by Gasteiger charge is -2.15. The van der Waals surface area contributed by atoms with Crippen LogP contribution in [0.4, 0.5) is 0 Å². The van der Waals surface area contributed by atoms with Crippen molar-refractivity contribution in [2.75, 3.05) is 0 Å². The second-order valence-corrected chi connectivity index (χ2v) is 5.99. The standard InChI is InChI=1S/C12H15ClN2OS/c1-7(2)15-11(9(13)6-14-15)12(16)10-5-4-8(3)17-10/h4-7,12,16H,1-3H3. The Morgan fingerprint density at radius 1 is 1.41 bits per heavy atom. The third-order valence-electron chi connectivity index (χ3n) is 2.57. The average Bonchev–Trinajstić information content (AvgIpc) is 2.83. The zero-order chi connectivity index (χ0) is 12.6. The Kier molecular flexibility index (Phi) is 3.56. The molecule has 0 fully saturated rings. The van der Waals surface area contributed by atoms with Crippen LogP contribution in [0.5, 0.6) is 0 Å². The molecule has 92 valence electrons. The number of nitrogens with zero attached hydrogens (tertiary/aromatic N) is 2. The van der Waals surface area contributed by atoms with Gasteiger partial charge in [0.15, 0.2) is 0 Å². The molecule has 0 saturated carbocycles. The molecule has 2 heterocycles. The Hall–Kier alpha value is -0.840. The summed E-state index contributed by atoms with van der Waals surface area (Å²) in [4.78, 5) is 2.07. The van der Waals surface area contributed by atoms with Crippen LogP contribution in [0.3, 0.4) is 0 Å². The Morgan fingerprint density at radius 2 is 2.12 bits per heavy atom. The van der Waals surface area contributed by atoms with E-state index >= 15 is 0 Å². The smallest absolute Gasteiger partial charge is 0.131 e. The molecule has 1 N–H and O–H groups in total. The number of aryl methyl sites for hydroxylation is 1. The van der Waals surface area contributed by atoms with Crippen LogP contribution in [0.1, 0.15) is 41.4 Å². The second-order valence-electron chi connectivity index (χ2n) is 4.27. The lowest BCUT2D eigenvalue weighted by Crippen LogP contribution is -2.11. The van der Waals surface area contributed by atoms with Gasteiger partial charge >= 0.3 is 0 Å². The van der Waals surface area contributed by atoms with Crippen LogP contribution in [0.15, 0.2) is 18.3 Å². The SMILES string of the molecule is Cc1ccc(C(O)c2c(Cl)cnn2C(C)C)s1. The molecule has 0 aliphatic carbocycles. The van der Waals surface area contributed by atoms with Crippen molar-refractivity contribution < 1.29 is 5.11 Å². The highest BCUT2D eigenvalue weighted by molar-refractivity contribution is 7.12. The third-order valence-corrected chi connectivity index (χ3v) is 3.91. The molecule has 3 nitrogen and oxygen atoms in total. The van der Waals surface area contributed by atoms with Crippen molar-refractivity contribution in [3.05, 3.63) is 38.8 Å². The highest BCUT2D eigenvalue weighted by Crippen LogP contribution is 2.33. The Bertz CT molecular complexity index is 518. The number of hydrogen-bond acceptors (Lipinski definition) is 3. The zero-order valence-corrected chi connectivity index (χ0v) is 11.6. The van der Waals surface area contributed by atoms with Gasteiger partial charge in [0, 0.05) is 15.8 Å². The van der Waals surface area contributed by atoms with Crippen LogP contribution in [0.25, 0.3) is 0 Å². The summed E-state index contributed by atoms with van der Waals surface area (Å²) in [7, 11) is 0. The predicted molar refractivity (Wildman–Crippen MR) is 70.7 cm³/mol. The quantitative estimate of drug-likeness (QED) is 0.926. The summed E-state index contributed by atoms with van der Waals surface area (Å²) >= 11 is 7.68. The van der Waals surface area contributed by atoms with Gasteiger partial charge in [-0.3, -0.25) is 4.68 Å². The van der Waals surface area contributed by atoms with Crippen LogP contribution in [0, 0.1) is 6.92 Å². The number of rotatable bonds is 3. The van der Waals surface area contributed by atoms with Gasteiger partial charge in [0.25, 0.3) is 0 Å². The number of aliphatic hydroxyl groups excluding tert-OH is 1. The molecular weight excluding hydrogens is 256 g/mol. The van der Waals surface area contributed by atoms with E-state index in [-0.39, 0.29) is 6.04 Å². The summed E-state index contributed by atoms with van der Waals surface area (Å²) < 4.78 is 1.77. The topological polar surface area (TPSA) is 38.1 Å². The van der Waals surface area contributed by atoms with E-state index < -0.39 is 6.10 Å². The minimum Gasteiger partial charge on any atom is -0.381 e. The van der Waals surface area contributed by atoms with Crippen LogP contribution in [-0.2, 0) is 0 Å². The summed E-state index contributed by atoms with van der Waals surface area (Å²) in [5, 5.41) is 15.1. The van der Waals surface area contributed by atoms with Gasteiger partial charge < -0.3 is 5.11 Å². The Morgan fingerprint density at radius 3 is 2.65 bits per heavy atom. The van der Waals surface area contributed by atoms with Gasteiger partial charge in [-0.2, -0.15) is 5.10 Å². The monoisotopic (exact) mass is 270 g/mol. The summed E-state index contributed by atoms with van der Waals surface area (Å²) in [6.07, 6.45) is 0.881. The second kappa shape index (κ2) is 4.80. The molecule has 0 amide bonds.